The van der Waals surface area contributed by atoms with E-state index < -0.39 is 5.82 Å². The second-order valence-electron chi connectivity index (χ2n) is 4.39. The van der Waals surface area contributed by atoms with E-state index in [0.717, 1.165) is 6.07 Å². The number of hydrogen-bond donors (Lipinski definition) is 0. The predicted molar refractivity (Wildman–Crippen MR) is 77.1 cm³/mol. The molecule has 0 aliphatic heterocycles. The maximum absolute atomic E-state index is 13.7. The van der Waals surface area contributed by atoms with Crippen LogP contribution in [0.15, 0.2) is 18.2 Å². The van der Waals surface area contributed by atoms with Crippen molar-refractivity contribution >= 4 is 29.0 Å². The van der Waals surface area contributed by atoms with Gasteiger partial charge in [-0.3, -0.25) is 9.48 Å². The van der Waals surface area contributed by atoms with Crippen LogP contribution in [0.2, 0.25) is 10.0 Å². The monoisotopic (exact) mass is 314 g/mol. The summed E-state index contributed by atoms with van der Waals surface area (Å²) >= 11 is 11.8. The molecule has 0 fully saturated rings. The first kappa shape index (κ1) is 15.0. The topological polar surface area (TPSA) is 34.9 Å². The van der Waals surface area contributed by atoms with Gasteiger partial charge in [0, 0.05) is 11.6 Å². The number of benzene rings is 1. The summed E-state index contributed by atoms with van der Waals surface area (Å²) in [5.41, 5.74) is 1.27. The summed E-state index contributed by atoms with van der Waals surface area (Å²) in [7, 11) is 0. The van der Waals surface area contributed by atoms with Crippen molar-refractivity contribution in [2.75, 3.05) is 0 Å². The smallest absolute Gasteiger partial charge is 0.171 e. The van der Waals surface area contributed by atoms with E-state index in [1.165, 1.54) is 12.1 Å². The molecule has 0 saturated heterocycles. The fourth-order valence-electron chi connectivity index (χ4n) is 2.00. The number of aryl methyl sites for hydroxylation is 2. The maximum Gasteiger partial charge on any atom is 0.171 e. The lowest BCUT2D eigenvalue weighted by Crippen LogP contribution is -2.11. The molecule has 6 heteroatoms. The van der Waals surface area contributed by atoms with Gasteiger partial charge >= 0.3 is 0 Å². The number of rotatable bonds is 4. The normalized spacial score (nSPS) is 10.8. The molecule has 106 valence electrons. The molecule has 20 heavy (non-hydrogen) atoms. The number of carbonyl (C=O) groups excluding carboxylic acids is 1. The Morgan fingerprint density at radius 3 is 2.70 bits per heavy atom. The van der Waals surface area contributed by atoms with E-state index in [9.17, 15) is 9.18 Å². The van der Waals surface area contributed by atoms with Crippen LogP contribution in [0.1, 0.15) is 28.7 Å². The van der Waals surface area contributed by atoms with Gasteiger partial charge in [0.25, 0.3) is 0 Å². The minimum absolute atomic E-state index is 0.00602. The van der Waals surface area contributed by atoms with Gasteiger partial charge < -0.3 is 0 Å². The highest BCUT2D eigenvalue weighted by Gasteiger charge is 2.19. The summed E-state index contributed by atoms with van der Waals surface area (Å²) < 4.78 is 15.4. The van der Waals surface area contributed by atoms with Gasteiger partial charge in [0.05, 0.1) is 28.4 Å². The van der Waals surface area contributed by atoms with Crippen molar-refractivity contribution in [2.45, 2.75) is 26.8 Å². The Bertz CT molecular complexity index is 667. The van der Waals surface area contributed by atoms with Crippen molar-refractivity contribution in [2.24, 2.45) is 0 Å². The summed E-state index contributed by atoms with van der Waals surface area (Å²) in [6.07, 6.45) is 0.00602. The lowest BCUT2D eigenvalue weighted by atomic mass is 10.1. The summed E-state index contributed by atoms with van der Waals surface area (Å²) in [5.74, 6) is -0.978. The highest BCUT2D eigenvalue weighted by Crippen LogP contribution is 2.23. The van der Waals surface area contributed by atoms with Crippen LogP contribution in [0.5, 0.6) is 0 Å². The van der Waals surface area contributed by atoms with Crippen LogP contribution in [-0.2, 0) is 13.0 Å². The summed E-state index contributed by atoms with van der Waals surface area (Å²) in [6, 6.07) is 3.99. The molecule has 3 nitrogen and oxygen atoms in total. The molecule has 0 aliphatic carbocycles. The second kappa shape index (κ2) is 5.94. The molecule has 1 heterocycles. The molecule has 0 atom stereocenters. The summed E-state index contributed by atoms with van der Waals surface area (Å²) in [4.78, 5) is 12.2. The van der Waals surface area contributed by atoms with E-state index in [1.807, 2.05) is 6.92 Å². The van der Waals surface area contributed by atoms with Crippen molar-refractivity contribution in [1.29, 1.82) is 0 Å². The molecule has 0 aliphatic rings. The number of Topliss-reactive ketones (excluding diaryl/α,β-unsaturated/α-hetero) is 1. The Labute approximate surface area is 126 Å². The van der Waals surface area contributed by atoms with Crippen LogP contribution in [0.3, 0.4) is 0 Å². The van der Waals surface area contributed by atoms with E-state index in [4.69, 9.17) is 23.2 Å². The van der Waals surface area contributed by atoms with Crippen LogP contribution in [0.4, 0.5) is 4.39 Å². The van der Waals surface area contributed by atoms with Crippen LogP contribution >= 0.6 is 23.2 Å². The van der Waals surface area contributed by atoms with Gasteiger partial charge in [-0.05, 0) is 32.0 Å². The van der Waals surface area contributed by atoms with Crippen LogP contribution in [0.25, 0.3) is 0 Å². The quantitative estimate of drug-likeness (QED) is 0.797. The number of aromatic nitrogens is 2. The first-order valence-electron chi connectivity index (χ1n) is 6.14. The largest absolute Gasteiger partial charge is 0.294 e. The van der Waals surface area contributed by atoms with Gasteiger partial charge in [-0.1, -0.05) is 23.2 Å². The second-order valence-corrected chi connectivity index (χ2v) is 5.20. The molecule has 2 aromatic rings. The van der Waals surface area contributed by atoms with Gasteiger partial charge in [-0.15, -0.1) is 0 Å². The molecule has 0 radical (unpaired) electrons. The first-order valence-corrected chi connectivity index (χ1v) is 6.89. The molecule has 1 aromatic carbocycles. The van der Waals surface area contributed by atoms with E-state index >= 15 is 0 Å². The lowest BCUT2D eigenvalue weighted by Gasteiger charge is -2.06. The fourth-order valence-corrected chi connectivity index (χ4v) is 2.36. The highest BCUT2D eigenvalue weighted by atomic mass is 35.5. The number of carbonyl (C=O) groups is 1. The van der Waals surface area contributed by atoms with Gasteiger partial charge in [-0.2, -0.15) is 5.10 Å². The highest BCUT2D eigenvalue weighted by molar-refractivity contribution is 6.32. The van der Waals surface area contributed by atoms with Crippen molar-refractivity contribution in [3.63, 3.8) is 0 Å². The first-order chi connectivity index (χ1) is 9.43. The average Bonchev–Trinajstić information content (AvgIpc) is 2.66. The Balaban J connectivity index is 2.32. The van der Waals surface area contributed by atoms with E-state index in [1.54, 1.807) is 11.6 Å². The van der Waals surface area contributed by atoms with Crippen LogP contribution < -0.4 is 0 Å². The van der Waals surface area contributed by atoms with Crippen molar-refractivity contribution in [3.8, 4) is 0 Å². The molecule has 1 aromatic heterocycles. The molecule has 0 N–H and O–H groups in total. The molecular weight excluding hydrogens is 302 g/mol. The minimum Gasteiger partial charge on any atom is -0.294 e. The molecule has 2 rings (SSSR count). The van der Waals surface area contributed by atoms with Crippen molar-refractivity contribution in [3.05, 3.63) is 51.0 Å². The summed E-state index contributed by atoms with van der Waals surface area (Å²) in [6.45, 7) is 4.27. The van der Waals surface area contributed by atoms with Crippen LogP contribution in [0, 0.1) is 12.7 Å². The van der Waals surface area contributed by atoms with Gasteiger partial charge in [0.1, 0.15) is 5.82 Å². The minimum atomic E-state index is -0.627. The molecule has 0 unspecified atom stereocenters. The molecule has 0 amide bonds. The average molecular weight is 315 g/mol. The van der Waals surface area contributed by atoms with E-state index in [0.29, 0.717) is 23.0 Å². The van der Waals surface area contributed by atoms with Crippen molar-refractivity contribution in [1.82, 2.24) is 9.78 Å². The standard InChI is InChI=1S/C14H13Cl2FN2O/c1-3-19-12(14(16)8(2)18-19)7-13(20)10-5-4-9(15)6-11(10)17/h4-6H,3,7H2,1-2H3. The summed E-state index contributed by atoms with van der Waals surface area (Å²) in [5, 5.41) is 4.94. The van der Waals surface area contributed by atoms with Crippen molar-refractivity contribution < 1.29 is 9.18 Å². The SMILES string of the molecule is CCn1nc(C)c(Cl)c1CC(=O)c1ccc(Cl)cc1F. The Morgan fingerprint density at radius 1 is 1.40 bits per heavy atom. The van der Waals surface area contributed by atoms with Gasteiger partial charge in [0.15, 0.2) is 5.78 Å². The number of hydrogen-bond acceptors (Lipinski definition) is 2. The predicted octanol–water partition coefficient (Wildman–Crippen LogP) is 4.08. The number of halogens is 3. The van der Waals surface area contributed by atoms with Crippen LogP contribution in [-0.4, -0.2) is 15.6 Å². The molecule has 0 saturated carbocycles. The third kappa shape index (κ3) is 2.86. The number of ketones is 1. The van der Waals surface area contributed by atoms with E-state index in [2.05, 4.69) is 5.10 Å². The molecule has 0 bridgehead atoms. The maximum atomic E-state index is 13.7. The fraction of sp³-hybridized carbons (Fsp3) is 0.286. The third-order valence-corrected chi connectivity index (χ3v) is 3.74. The zero-order valence-electron chi connectivity index (χ0n) is 11.1. The zero-order valence-corrected chi connectivity index (χ0v) is 12.6. The Kier molecular flexibility index (Phi) is 4.45. The van der Waals surface area contributed by atoms with Gasteiger partial charge in [0.2, 0.25) is 0 Å². The van der Waals surface area contributed by atoms with E-state index in [-0.39, 0.29) is 22.8 Å². The third-order valence-electron chi connectivity index (χ3n) is 3.01. The Morgan fingerprint density at radius 2 is 2.10 bits per heavy atom. The molecule has 0 spiro atoms. The molecular formula is C14H13Cl2FN2O. The van der Waals surface area contributed by atoms with Gasteiger partial charge in [-0.25, -0.2) is 4.39 Å². The lowest BCUT2D eigenvalue weighted by molar-refractivity contribution is 0.0986. The number of nitrogens with zero attached hydrogens (tertiary/aromatic N) is 2. The zero-order chi connectivity index (χ0) is 14.9. The Hall–Kier alpha value is -1.39.